The Bertz CT molecular complexity index is 990. The van der Waals surface area contributed by atoms with Crippen molar-refractivity contribution < 1.29 is 23.8 Å². The zero-order chi connectivity index (χ0) is 24.1. The van der Waals surface area contributed by atoms with Crippen LogP contribution in [0.1, 0.15) is 30.4 Å². The van der Waals surface area contributed by atoms with Gasteiger partial charge in [-0.25, -0.2) is 0 Å². The molecule has 182 valence electrons. The summed E-state index contributed by atoms with van der Waals surface area (Å²) in [7, 11) is 4.69. The molecule has 1 saturated carbocycles. The first-order chi connectivity index (χ1) is 16.5. The van der Waals surface area contributed by atoms with Gasteiger partial charge in [-0.1, -0.05) is 30.3 Å². The van der Waals surface area contributed by atoms with Crippen LogP contribution in [0, 0.1) is 11.3 Å². The average molecular weight is 467 g/mol. The van der Waals surface area contributed by atoms with E-state index in [1.54, 1.807) is 21.3 Å². The highest BCUT2D eigenvalue weighted by molar-refractivity contribution is 5.83. The SMILES string of the molecule is COc1cc(CC(=O)N2CCC3(CC2)C[C@@H]3C(=O)NCCc2ccccc2)cc(OC)c1OC. The van der Waals surface area contributed by atoms with Gasteiger partial charge in [0.2, 0.25) is 17.6 Å². The van der Waals surface area contributed by atoms with Crippen molar-refractivity contribution in [3.05, 3.63) is 53.6 Å². The van der Waals surface area contributed by atoms with Crippen LogP contribution in [-0.4, -0.2) is 57.7 Å². The minimum absolute atomic E-state index is 0.0696. The number of carbonyl (C=O) groups excluding carboxylic acids is 2. The van der Waals surface area contributed by atoms with Gasteiger partial charge in [-0.15, -0.1) is 0 Å². The fraction of sp³-hybridized carbons (Fsp3) is 0.481. The molecule has 7 nitrogen and oxygen atoms in total. The van der Waals surface area contributed by atoms with E-state index in [0.717, 1.165) is 31.2 Å². The predicted octanol–water partition coefficient (Wildman–Crippen LogP) is 3.24. The molecule has 1 N–H and O–H groups in total. The summed E-state index contributed by atoms with van der Waals surface area (Å²) in [4.78, 5) is 27.6. The zero-order valence-electron chi connectivity index (χ0n) is 20.3. The van der Waals surface area contributed by atoms with Crippen LogP contribution in [0.5, 0.6) is 17.2 Å². The first-order valence-corrected chi connectivity index (χ1v) is 11.9. The van der Waals surface area contributed by atoms with Crippen LogP contribution in [0.4, 0.5) is 0 Å². The number of benzene rings is 2. The summed E-state index contributed by atoms with van der Waals surface area (Å²) < 4.78 is 16.2. The van der Waals surface area contributed by atoms with E-state index >= 15 is 0 Å². The molecule has 1 saturated heterocycles. The van der Waals surface area contributed by atoms with E-state index in [1.807, 2.05) is 35.2 Å². The third-order valence-corrected chi connectivity index (χ3v) is 7.25. The van der Waals surface area contributed by atoms with Gasteiger partial charge >= 0.3 is 0 Å². The van der Waals surface area contributed by atoms with Crippen LogP contribution >= 0.6 is 0 Å². The van der Waals surface area contributed by atoms with Crippen LogP contribution in [0.25, 0.3) is 0 Å². The number of carbonyl (C=O) groups is 2. The molecule has 1 atom stereocenters. The number of ether oxygens (including phenoxy) is 3. The maximum atomic E-state index is 13.0. The Morgan fingerprint density at radius 2 is 1.62 bits per heavy atom. The largest absolute Gasteiger partial charge is 0.493 e. The third kappa shape index (κ3) is 5.13. The summed E-state index contributed by atoms with van der Waals surface area (Å²) >= 11 is 0. The standard InChI is InChI=1S/C27H34N2O5/c1-32-22-15-20(16-23(33-2)25(22)34-3)17-24(30)29-13-10-27(11-14-29)18-21(27)26(31)28-12-9-19-7-5-4-6-8-19/h4-8,15-16,21H,9-14,17-18H2,1-3H3,(H,28,31)/t21-/m1/s1. The molecule has 2 aliphatic rings. The first-order valence-electron chi connectivity index (χ1n) is 11.9. The molecule has 1 heterocycles. The number of nitrogens with one attached hydrogen (secondary N) is 1. The number of hydrogen-bond acceptors (Lipinski definition) is 5. The molecule has 34 heavy (non-hydrogen) atoms. The van der Waals surface area contributed by atoms with Crippen LogP contribution in [0.15, 0.2) is 42.5 Å². The normalized spacial score (nSPS) is 18.3. The molecule has 4 rings (SSSR count). The van der Waals surface area contributed by atoms with Crippen LogP contribution in [0.2, 0.25) is 0 Å². The van der Waals surface area contributed by atoms with Crippen LogP contribution in [-0.2, 0) is 22.4 Å². The minimum atomic E-state index is 0.0696. The molecule has 1 aliphatic carbocycles. The molecule has 1 aliphatic heterocycles. The van der Waals surface area contributed by atoms with E-state index in [1.165, 1.54) is 5.56 Å². The number of methoxy groups -OCH3 is 3. The van der Waals surface area contributed by atoms with E-state index < -0.39 is 0 Å². The van der Waals surface area contributed by atoms with Gasteiger partial charge in [0.05, 0.1) is 27.8 Å². The van der Waals surface area contributed by atoms with Gasteiger partial charge in [0.1, 0.15) is 0 Å². The van der Waals surface area contributed by atoms with Crippen molar-refractivity contribution in [2.24, 2.45) is 11.3 Å². The number of rotatable bonds is 9. The molecule has 2 amide bonds. The predicted molar refractivity (Wildman–Crippen MR) is 129 cm³/mol. The first kappa shape index (κ1) is 23.9. The fourth-order valence-electron chi connectivity index (χ4n) is 5.09. The topological polar surface area (TPSA) is 77.1 Å². The van der Waals surface area contributed by atoms with Crippen LogP contribution < -0.4 is 19.5 Å². The third-order valence-electron chi connectivity index (χ3n) is 7.25. The monoisotopic (exact) mass is 466 g/mol. The van der Waals surface area contributed by atoms with Crippen LogP contribution in [0.3, 0.4) is 0 Å². The number of hydrogen-bond donors (Lipinski definition) is 1. The van der Waals surface area contributed by atoms with Gasteiger partial charge in [0.15, 0.2) is 11.5 Å². The number of likely N-dealkylation sites (tertiary alicyclic amines) is 1. The highest BCUT2D eigenvalue weighted by Crippen LogP contribution is 2.59. The molecule has 2 aromatic carbocycles. The highest BCUT2D eigenvalue weighted by atomic mass is 16.5. The lowest BCUT2D eigenvalue weighted by molar-refractivity contribution is -0.132. The van der Waals surface area contributed by atoms with E-state index in [4.69, 9.17) is 14.2 Å². The maximum absolute atomic E-state index is 13.0. The Labute approximate surface area is 201 Å². The van der Waals surface area contributed by atoms with E-state index in [0.29, 0.717) is 36.9 Å². The minimum Gasteiger partial charge on any atom is -0.493 e. The highest BCUT2D eigenvalue weighted by Gasteiger charge is 2.58. The van der Waals surface area contributed by atoms with Crippen molar-refractivity contribution in [1.29, 1.82) is 0 Å². The lowest BCUT2D eigenvalue weighted by Crippen LogP contribution is -2.41. The van der Waals surface area contributed by atoms with Crippen molar-refractivity contribution in [1.82, 2.24) is 10.2 Å². The number of amides is 2. The lowest BCUT2D eigenvalue weighted by Gasteiger charge is -2.33. The molecule has 2 aromatic rings. The number of piperidine rings is 1. The average Bonchev–Trinajstić information content (AvgIpc) is 3.57. The summed E-state index contributed by atoms with van der Waals surface area (Å²) in [5, 5.41) is 3.11. The molecule has 7 heteroatoms. The van der Waals surface area contributed by atoms with E-state index in [2.05, 4.69) is 17.4 Å². The summed E-state index contributed by atoms with van der Waals surface area (Å²) in [6, 6.07) is 13.8. The van der Waals surface area contributed by atoms with Crippen molar-refractivity contribution in [3.63, 3.8) is 0 Å². The van der Waals surface area contributed by atoms with Crippen molar-refractivity contribution in [3.8, 4) is 17.2 Å². The molecule has 0 bridgehead atoms. The van der Waals surface area contributed by atoms with E-state index in [9.17, 15) is 9.59 Å². The Morgan fingerprint density at radius 3 is 2.21 bits per heavy atom. The molecule has 0 radical (unpaired) electrons. The molecule has 0 unspecified atom stereocenters. The second-order valence-corrected chi connectivity index (χ2v) is 9.24. The Balaban J connectivity index is 1.26. The summed E-state index contributed by atoms with van der Waals surface area (Å²) in [6.45, 7) is 2.04. The summed E-state index contributed by atoms with van der Waals surface area (Å²) in [5.74, 6) is 1.92. The fourth-order valence-corrected chi connectivity index (χ4v) is 5.09. The quantitative estimate of drug-likeness (QED) is 0.614. The second kappa shape index (κ2) is 10.4. The number of nitrogens with zero attached hydrogens (tertiary/aromatic N) is 1. The lowest BCUT2D eigenvalue weighted by atomic mass is 9.90. The van der Waals surface area contributed by atoms with Crippen molar-refractivity contribution in [2.45, 2.75) is 32.1 Å². The smallest absolute Gasteiger partial charge is 0.226 e. The second-order valence-electron chi connectivity index (χ2n) is 9.24. The van der Waals surface area contributed by atoms with Gasteiger partial charge < -0.3 is 24.4 Å². The molecule has 1 spiro atoms. The Morgan fingerprint density at radius 1 is 0.971 bits per heavy atom. The summed E-state index contributed by atoms with van der Waals surface area (Å²) in [6.07, 6.45) is 3.80. The maximum Gasteiger partial charge on any atom is 0.226 e. The molecule has 0 aromatic heterocycles. The van der Waals surface area contributed by atoms with Gasteiger partial charge in [0.25, 0.3) is 0 Å². The Hall–Kier alpha value is -3.22. The molecular formula is C27H34N2O5. The molecule has 2 fully saturated rings. The van der Waals surface area contributed by atoms with Gasteiger partial charge in [-0.2, -0.15) is 0 Å². The van der Waals surface area contributed by atoms with Gasteiger partial charge in [-0.05, 0) is 54.4 Å². The zero-order valence-corrected chi connectivity index (χ0v) is 20.3. The van der Waals surface area contributed by atoms with Crippen molar-refractivity contribution >= 4 is 11.8 Å². The van der Waals surface area contributed by atoms with Gasteiger partial charge in [0, 0.05) is 25.6 Å². The Kier molecular flexibility index (Phi) is 7.29. The van der Waals surface area contributed by atoms with Crippen molar-refractivity contribution in [2.75, 3.05) is 41.0 Å². The van der Waals surface area contributed by atoms with E-state index in [-0.39, 0.29) is 29.6 Å². The van der Waals surface area contributed by atoms with Gasteiger partial charge in [-0.3, -0.25) is 9.59 Å². The molecular weight excluding hydrogens is 432 g/mol. The summed E-state index contributed by atoms with van der Waals surface area (Å²) in [5.41, 5.74) is 2.12.